The Hall–Kier alpha value is -2.92. The standard InChI is InChI=1S/C21H24N4O/c1-23(2)20(26)16-24(3)14-18-15-25(19-12-8-5-9-13-19)22-21(18)17-10-6-4-7-11-17/h4-13,15H,14,16H2,1-3H3. The van der Waals surface area contributed by atoms with Gasteiger partial charge >= 0.3 is 0 Å². The summed E-state index contributed by atoms with van der Waals surface area (Å²) in [7, 11) is 5.51. The fraction of sp³-hybridized carbons (Fsp3) is 0.238. The van der Waals surface area contributed by atoms with Crippen LogP contribution in [0, 0.1) is 0 Å². The number of rotatable bonds is 6. The van der Waals surface area contributed by atoms with E-state index in [9.17, 15) is 4.79 Å². The maximum absolute atomic E-state index is 12.0. The lowest BCUT2D eigenvalue weighted by Crippen LogP contribution is -2.34. The van der Waals surface area contributed by atoms with Gasteiger partial charge in [0.25, 0.3) is 0 Å². The summed E-state index contributed by atoms with van der Waals surface area (Å²) in [5.74, 6) is 0.0872. The van der Waals surface area contributed by atoms with Crippen molar-refractivity contribution in [1.82, 2.24) is 19.6 Å². The SMILES string of the molecule is CN(CC(=O)N(C)C)Cc1cn(-c2ccccc2)nc1-c1ccccc1. The van der Waals surface area contributed by atoms with Crippen LogP contribution in [0.5, 0.6) is 0 Å². The average molecular weight is 348 g/mol. The van der Waals surface area contributed by atoms with E-state index < -0.39 is 0 Å². The molecule has 3 rings (SSSR count). The Kier molecular flexibility index (Phi) is 5.49. The van der Waals surface area contributed by atoms with E-state index in [1.54, 1.807) is 19.0 Å². The summed E-state index contributed by atoms with van der Waals surface area (Å²) in [5, 5.41) is 4.81. The van der Waals surface area contributed by atoms with Crippen LogP contribution in [-0.4, -0.2) is 53.2 Å². The number of hydrogen-bond acceptors (Lipinski definition) is 3. The van der Waals surface area contributed by atoms with Crippen molar-refractivity contribution in [2.24, 2.45) is 0 Å². The molecule has 0 aliphatic heterocycles. The van der Waals surface area contributed by atoms with Crippen molar-refractivity contribution in [2.75, 3.05) is 27.7 Å². The van der Waals surface area contributed by atoms with Crippen molar-refractivity contribution >= 4 is 5.91 Å². The molecule has 5 nitrogen and oxygen atoms in total. The van der Waals surface area contributed by atoms with Gasteiger partial charge in [0, 0.05) is 38.0 Å². The van der Waals surface area contributed by atoms with E-state index in [0.717, 1.165) is 22.5 Å². The quantitative estimate of drug-likeness (QED) is 0.687. The summed E-state index contributed by atoms with van der Waals surface area (Å²) in [6, 6.07) is 20.2. The first-order valence-electron chi connectivity index (χ1n) is 8.62. The molecule has 0 aliphatic carbocycles. The molecule has 1 aromatic heterocycles. The Morgan fingerprint density at radius 1 is 0.962 bits per heavy atom. The minimum Gasteiger partial charge on any atom is -0.348 e. The molecule has 0 radical (unpaired) electrons. The van der Waals surface area contributed by atoms with Gasteiger partial charge in [-0.15, -0.1) is 0 Å². The largest absolute Gasteiger partial charge is 0.348 e. The van der Waals surface area contributed by atoms with E-state index >= 15 is 0 Å². The number of para-hydroxylation sites is 1. The Morgan fingerprint density at radius 2 is 1.58 bits per heavy atom. The molecule has 26 heavy (non-hydrogen) atoms. The van der Waals surface area contributed by atoms with Crippen LogP contribution >= 0.6 is 0 Å². The smallest absolute Gasteiger partial charge is 0.236 e. The fourth-order valence-electron chi connectivity index (χ4n) is 2.80. The molecule has 0 saturated carbocycles. The van der Waals surface area contributed by atoms with Gasteiger partial charge in [-0.1, -0.05) is 48.5 Å². The first-order valence-corrected chi connectivity index (χ1v) is 8.62. The zero-order chi connectivity index (χ0) is 18.5. The molecular formula is C21H24N4O. The maximum atomic E-state index is 12.0. The Labute approximate surface area is 154 Å². The first-order chi connectivity index (χ1) is 12.5. The van der Waals surface area contributed by atoms with E-state index in [2.05, 4.69) is 12.1 Å². The molecule has 0 spiro atoms. The van der Waals surface area contributed by atoms with Crippen molar-refractivity contribution < 1.29 is 4.79 Å². The summed E-state index contributed by atoms with van der Waals surface area (Å²) >= 11 is 0. The van der Waals surface area contributed by atoms with Gasteiger partial charge in [0.15, 0.2) is 0 Å². The Balaban J connectivity index is 1.92. The molecule has 0 N–H and O–H groups in total. The summed E-state index contributed by atoms with van der Waals surface area (Å²) in [6.07, 6.45) is 2.05. The normalized spacial score (nSPS) is 10.9. The molecule has 0 fully saturated rings. The summed E-state index contributed by atoms with van der Waals surface area (Å²) in [6.45, 7) is 1.02. The lowest BCUT2D eigenvalue weighted by atomic mass is 10.1. The van der Waals surface area contributed by atoms with Crippen LogP contribution in [0.2, 0.25) is 0 Å². The van der Waals surface area contributed by atoms with Gasteiger partial charge < -0.3 is 4.90 Å². The number of hydrogen-bond donors (Lipinski definition) is 0. The van der Waals surface area contributed by atoms with Crippen molar-refractivity contribution in [2.45, 2.75) is 6.54 Å². The van der Waals surface area contributed by atoms with Crippen molar-refractivity contribution in [3.8, 4) is 16.9 Å². The topological polar surface area (TPSA) is 41.4 Å². The number of likely N-dealkylation sites (N-methyl/N-ethyl adjacent to an activating group) is 2. The maximum Gasteiger partial charge on any atom is 0.236 e. The van der Waals surface area contributed by atoms with Crippen LogP contribution in [0.15, 0.2) is 66.9 Å². The molecule has 2 aromatic carbocycles. The molecule has 134 valence electrons. The second kappa shape index (κ2) is 7.97. The molecule has 0 atom stereocenters. The molecule has 0 aliphatic rings. The van der Waals surface area contributed by atoms with Crippen LogP contribution in [0.3, 0.4) is 0 Å². The lowest BCUT2D eigenvalue weighted by Gasteiger charge is -2.18. The predicted molar refractivity (Wildman–Crippen MR) is 104 cm³/mol. The van der Waals surface area contributed by atoms with E-state index in [1.807, 2.05) is 71.4 Å². The minimum atomic E-state index is 0.0872. The Bertz CT molecular complexity index is 856. The van der Waals surface area contributed by atoms with Gasteiger partial charge in [0.05, 0.1) is 17.9 Å². The molecule has 0 unspecified atom stereocenters. The molecule has 1 heterocycles. The second-order valence-corrected chi connectivity index (χ2v) is 6.61. The van der Waals surface area contributed by atoms with E-state index in [0.29, 0.717) is 13.1 Å². The molecule has 5 heteroatoms. The van der Waals surface area contributed by atoms with Crippen molar-refractivity contribution in [3.05, 3.63) is 72.4 Å². The van der Waals surface area contributed by atoms with Gasteiger partial charge in [0.1, 0.15) is 0 Å². The monoisotopic (exact) mass is 348 g/mol. The third-order valence-corrected chi connectivity index (χ3v) is 4.20. The summed E-state index contributed by atoms with van der Waals surface area (Å²) < 4.78 is 1.90. The molecule has 0 saturated heterocycles. The molecule has 0 bridgehead atoms. The fourth-order valence-corrected chi connectivity index (χ4v) is 2.80. The highest BCUT2D eigenvalue weighted by molar-refractivity contribution is 5.77. The predicted octanol–water partition coefficient (Wildman–Crippen LogP) is 3.06. The van der Waals surface area contributed by atoms with Crippen molar-refractivity contribution in [3.63, 3.8) is 0 Å². The zero-order valence-electron chi connectivity index (χ0n) is 15.5. The Morgan fingerprint density at radius 3 is 2.19 bits per heavy atom. The second-order valence-electron chi connectivity index (χ2n) is 6.61. The minimum absolute atomic E-state index is 0.0872. The third kappa shape index (κ3) is 4.18. The van der Waals surface area contributed by atoms with E-state index in [4.69, 9.17) is 5.10 Å². The highest BCUT2D eigenvalue weighted by Crippen LogP contribution is 2.24. The van der Waals surface area contributed by atoms with E-state index in [-0.39, 0.29) is 5.91 Å². The molecule has 1 amide bonds. The van der Waals surface area contributed by atoms with Gasteiger partial charge in [0.2, 0.25) is 5.91 Å². The van der Waals surface area contributed by atoms with Crippen LogP contribution in [0.25, 0.3) is 16.9 Å². The highest BCUT2D eigenvalue weighted by Gasteiger charge is 2.16. The zero-order valence-corrected chi connectivity index (χ0v) is 15.5. The number of nitrogens with zero attached hydrogens (tertiary/aromatic N) is 4. The molecular weight excluding hydrogens is 324 g/mol. The van der Waals surface area contributed by atoms with E-state index in [1.165, 1.54) is 0 Å². The summed E-state index contributed by atoms with van der Waals surface area (Å²) in [4.78, 5) is 15.6. The van der Waals surface area contributed by atoms with Crippen LogP contribution in [-0.2, 0) is 11.3 Å². The first kappa shape index (κ1) is 17.9. The lowest BCUT2D eigenvalue weighted by molar-refractivity contribution is -0.129. The van der Waals surface area contributed by atoms with Crippen molar-refractivity contribution in [1.29, 1.82) is 0 Å². The number of carbonyl (C=O) groups excluding carboxylic acids is 1. The number of benzene rings is 2. The molecule has 3 aromatic rings. The number of carbonyl (C=O) groups is 1. The third-order valence-electron chi connectivity index (χ3n) is 4.20. The van der Waals surface area contributed by atoms with Gasteiger partial charge in [-0.25, -0.2) is 4.68 Å². The number of amides is 1. The highest BCUT2D eigenvalue weighted by atomic mass is 16.2. The van der Waals surface area contributed by atoms with Gasteiger partial charge in [-0.3, -0.25) is 9.69 Å². The van der Waals surface area contributed by atoms with Crippen LogP contribution in [0.1, 0.15) is 5.56 Å². The van der Waals surface area contributed by atoms with Gasteiger partial charge in [-0.05, 0) is 19.2 Å². The van der Waals surface area contributed by atoms with Crippen LogP contribution in [0.4, 0.5) is 0 Å². The number of aromatic nitrogens is 2. The summed E-state index contributed by atoms with van der Waals surface area (Å²) in [5.41, 5.74) is 4.13. The average Bonchev–Trinajstić information content (AvgIpc) is 3.06. The van der Waals surface area contributed by atoms with Gasteiger partial charge in [-0.2, -0.15) is 5.10 Å². The van der Waals surface area contributed by atoms with Crippen LogP contribution < -0.4 is 0 Å².